The standard InChI is InChI=1S/C19H35NOSi3/c1-9-17-11-13-19(14-12-17)22-16-21-15-18(10-2)20(23(3,4)5)24(6,7)8/h9,11-14,18H,1,10,15-16H2,2-8H3. The van der Waals surface area contributed by atoms with Crippen molar-refractivity contribution in [1.29, 1.82) is 0 Å². The van der Waals surface area contributed by atoms with Crippen LogP contribution < -0.4 is 5.19 Å². The van der Waals surface area contributed by atoms with Crippen LogP contribution in [0.25, 0.3) is 6.08 Å². The molecule has 0 saturated carbocycles. The van der Waals surface area contributed by atoms with Gasteiger partial charge in [-0.25, -0.2) is 0 Å². The topological polar surface area (TPSA) is 12.5 Å². The van der Waals surface area contributed by atoms with Crippen molar-refractivity contribution in [3.63, 3.8) is 0 Å². The van der Waals surface area contributed by atoms with E-state index in [9.17, 15) is 0 Å². The number of benzene rings is 1. The first-order valence-electron chi connectivity index (χ1n) is 8.93. The maximum absolute atomic E-state index is 6.11. The average Bonchev–Trinajstić information content (AvgIpc) is 2.48. The molecule has 1 atom stereocenters. The van der Waals surface area contributed by atoms with Gasteiger partial charge < -0.3 is 8.97 Å². The second kappa shape index (κ2) is 9.29. The van der Waals surface area contributed by atoms with Gasteiger partial charge in [-0.2, -0.15) is 0 Å². The van der Waals surface area contributed by atoms with Crippen LogP contribution in [0.5, 0.6) is 0 Å². The third-order valence-electron chi connectivity index (χ3n) is 4.12. The Bertz CT molecular complexity index is 489. The van der Waals surface area contributed by atoms with Crippen LogP contribution in [0.4, 0.5) is 0 Å². The van der Waals surface area contributed by atoms with Gasteiger partial charge in [0.1, 0.15) is 26.0 Å². The minimum Gasteiger partial charge on any atom is -0.383 e. The second-order valence-electron chi connectivity index (χ2n) is 8.29. The van der Waals surface area contributed by atoms with Crippen molar-refractivity contribution in [3.8, 4) is 0 Å². The van der Waals surface area contributed by atoms with Crippen LogP contribution in [-0.2, 0) is 4.74 Å². The average molecular weight is 378 g/mol. The van der Waals surface area contributed by atoms with Gasteiger partial charge in [-0.1, -0.05) is 88.3 Å². The highest BCUT2D eigenvalue weighted by Gasteiger charge is 2.38. The first-order valence-corrected chi connectivity index (χ1v) is 17.0. The molecule has 5 heteroatoms. The van der Waals surface area contributed by atoms with Crippen molar-refractivity contribution in [2.75, 3.05) is 12.8 Å². The summed E-state index contributed by atoms with van der Waals surface area (Å²) in [5.74, 6) is 0. The van der Waals surface area contributed by atoms with E-state index >= 15 is 0 Å². The zero-order valence-electron chi connectivity index (χ0n) is 16.6. The van der Waals surface area contributed by atoms with Crippen molar-refractivity contribution >= 4 is 37.3 Å². The molecule has 2 radical (unpaired) electrons. The Kier molecular flexibility index (Phi) is 8.35. The summed E-state index contributed by atoms with van der Waals surface area (Å²) in [6, 6.07) is 9.19. The highest BCUT2D eigenvalue weighted by molar-refractivity contribution is 6.89. The lowest BCUT2D eigenvalue weighted by Gasteiger charge is -2.48. The summed E-state index contributed by atoms with van der Waals surface area (Å²) < 4.78 is 8.99. The monoisotopic (exact) mass is 377 g/mol. The molecule has 0 heterocycles. The van der Waals surface area contributed by atoms with Crippen molar-refractivity contribution in [3.05, 3.63) is 36.4 Å². The van der Waals surface area contributed by atoms with Gasteiger partial charge in [-0.3, -0.25) is 0 Å². The molecule has 1 aromatic carbocycles. The molecule has 0 saturated heterocycles. The summed E-state index contributed by atoms with van der Waals surface area (Å²) in [7, 11) is -1.95. The highest BCUT2D eigenvalue weighted by Crippen LogP contribution is 2.24. The third kappa shape index (κ3) is 6.80. The smallest absolute Gasteiger partial charge is 0.114 e. The molecule has 0 aliphatic carbocycles. The van der Waals surface area contributed by atoms with Gasteiger partial charge in [-0.15, -0.1) is 0 Å². The van der Waals surface area contributed by atoms with Gasteiger partial charge in [-0.05, 0) is 12.0 Å². The van der Waals surface area contributed by atoms with Crippen LogP contribution in [-0.4, -0.2) is 49.1 Å². The molecule has 0 fully saturated rings. The molecule has 1 unspecified atom stereocenters. The van der Waals surface area contributed by atoms with E-state index in [1.54, 1.807) is 0 Å². The van der Waals surface area contributed by atoms with Gasteiger partial charge in [0.25, 0.3) is 0 Å². The Labute approximate surface area is 154 Å². The van der Waals surface area contributed by atoms with Gasteiger partial charge >= 0.3 is 0 Å². The van der Waals surface area contributed by atoms with E-state index in [0.717, 1.165) is 22.4 Å². The molecule has 0 aliphatic heterocycles. The summed E-state index contributed by atoms with van der Waals surface area (Å²) >= 11 is 0. The van der Waals surface area contributed by atoms with Crippen molar-refractivity contribution < 1.29 is 4.74 Å². The number of hydrogen-bond donors (Lipinski definition) is 0. The number of hydrogen-bond acceptors (Lipinski definition) is 2. The largest absolute Gasteiger partial charge is 0.383 e. The van der Waals surface area contributed by atoms with Crippen molar-refractivity contribution in [1.82, 2.24) is 4.23 Å². The van der Waals surface area contributed by atoms with E-state index in [2.05, 4.69) is 81.3 Å². The Morgan fingerprint density at radius 1 is 1.08 bits per heavy atom. The second-order valence-corrected chi connectivity index (χ2v) is 19.6. The Morgan fingerprint density at radius 2 is 1.62 bits per heavy atom. The maximum Gasteiger partial charge on any atom is 0.114 e. The normalized spacial score (nSPS) is 14.0. The van der Waals surface area contributed by atoms with Crippen LogP contribution >= 0.6 is 0 Å². The molecular formula is C19H35NOSi3. The number of nitrogens with zero attached hydrogens (tertiary/aromatic N) is 1. The van der Waals surface area contributed by atoms with Crippen LogP contribution in [0.1, 0.15) is 18.9 Å². The van der Waals surface area contributed by atoms with Gasteiger partial charge in [0.05, 0.1) is 6.61 Å². The minimum atomic E-state index is -1.33. The SMILES string of the molecule is C=Cc1ccc([Si]COCC(CC)N([Si](C)(C)C)[Si](C)(C)C)cc1. The first kappa shape index (κ1) is 21.6. The minimum absolute atomic E-state index is 0.566. The molecule has 0 aromatic heterocycles. The van der Waals surface area contributed by atoms with E-state index in [1.807, 2.05) is 6.08 Å². The molecule has 0 N–H and O–H groups in total. The summed E-state index contributed by atoms with van der Waals surface area (Å²) in [5.41, 5.74) is 1.18. The van der Waals surface area contributed by atoms with Gasteiger partial charge in [0, 0.05) is 12.3 Å². The van der Waals surface area contributed by atoms with E-state index in [1.165, 1.54) is 17.2 Å². The molecule has 24 heavy (non-hydrogen) atoms. The molecule has 0 amide bonds. The van der Waals surface area contributed by atoms with Crippen LogP contribution in [0.2, 0.25) is 39.3 Å². The summed E-state index contributed by atoms with van der Waals surface area (Å²) in [5, 5.41) is 1.36. The molecule has 0 spiro atoms. The zero-order chi connectivity index (χ0) is 18.4. The molecule has 0 bridgehead atoms. The van der Waals surface area contributed by atoms with E-state index in [0.29, 0.717) is 6.04 Å². The predicted octanol–water partition coefficient (Wildman–Crippen LogP) is 4.38. The van der Waals surface area contributed by atoms with Crippen molar-refractivity contribution in [2.45, 2.75) is 58.7 Å². The van der Waals surface area contributed by atoms with E-state index in [-0.39, 0.29) is 0 Å². The lowest BCUT2D eigenvalue weighted by atomic mass is 10.2. The molecule has 1 aromatic rings. The van der Waals surface area contributed by atoms with Crippen LogP contribution in [0.15, 0.2) is 30.8 Å². The van der Waals surface area contributed by atoms with Crippen molar-refractivity contribution in [2.24, 2.45) is 0 Å². The maximum atomic E-state index is 6.11. The molecule has 1 rings (SSSR count). The fourth-order valence-electron chi connectivity index (χ4n) is 3.54. The molecule has 2 nitrogen and oxygen atoms in total. The van der Waals surface area contributed by atoms with E-state index in [4.69, 9.17) is 4.74 Å². The Balaban J connectivity index is 2.57. The zero-order valence-corrected chi connectivity index (χ0v) is 19.6. The molecule has 134 valence electrons. The quantitative estimate of drug-likeness (QED) is 0.443. The van der Waals surface area contributed by atoms with Gasteiger partial charge in [0.15, 0.2) is 0 Å². The predicted molar refractivity (Wildman–Crippen MR) is 115 cm³/mol. The first-order chi connectivity index (χ1) is 11.1. The summed E-state index contributed by atoms with van der Waals surface area (Å²) in [6.07, 6.45) is 3.89. The Hall–Kier alpha value is -0.469. The highest BCUT2D eigenvalue weighted by atomic mass is 28.4. The summed E-state index contributed by atoms with van der Waals surface area (Å²) in [6.45, 7) is 21.8. The third-order valence-corrected chi connectivity index (χ3v) is 12.9. The van der Waals surface area contributed by atoms with E-state index < -0.39 is 16.5 Å². The van der Waals surface area contributed by atoms with Crippen LogP contribution in [0, 0.1) is 0 Å². The fraction of sp³-hybridized carbons (Fsp3) is 0.579. The molecule has 0 aliphatic rings. The number of rotatable bonds is 10. The Morgan fingerprint density at radius 3 is 2.04 bits per heavy atom. The van der Waals surface area contributed by atoms with Crippen LogP contribution in [0.3, 0.4) is 0 Å². The molecular weight excluding hydrogens is 342 g/mol. The fourth-order valence-corrected chi connectivity index (χ4v) is 15.1. The lowest BCUT2D eigenvalue weighted by Crippen LogP contribution is -2.64. The van der Waals surface area contributed by atoms with Gasteiger partial charge in [0.2, 0.25) is 0 Å². The number of ether oxygens (including phenoxy) is 1. The lowest BCUT2D eigenvalue weighted by molar-refractivity contribution is 0.133. The summed E-state index contributed by atoms with van der Waals surface area (Å²) in [4.78, 5) is 0.